The molecule has 0 aromatic heterocycles. The second-order valence-electron chi connectivity index (χ2n) is 10.4. The third kappa shape index (κ3) is 3.10. The smallest absolute Gasteiger partial charge is 0.333 e. The largest absolute Gasteiger partial charge is 0.458 e. The average Bonchev–Trinajstić information content (AvgIpc) is 2.86. The highest BCUT2D eigenvalue weighted by atomic mass is 16.5. The quantitative estimate of drug-likeness (QED) is 0.360. The number of carbonyl (C=O) groups is 2. The van der Waals surface area contributed by atoms with E-state index >= 15 is 0 Å². The Hall–Kier alpha value is -1.76. The van der Waals surface area contributed by atoms with Gasteiger partial charge in [-0.05, 0) is 55.6 Å². The van der Waals surface area contributed by atoms with Gasteiger partial charge in [-0.2, -0.15) is 0 Å². The van der Waals surface area contributed by atoms with Gasteiger partial charge in [-0.1, -0.05) is 45.9 Å². The molecule has 0 amide bonds. The summed E-state index contributed by atoms with van der Waals surface area (Å²) in [5, 5.41) is 34.4. The van der Waals surface area contributed by atoms with E-state index in [0.717, 1.165) is 0 Å². The number of hydrogen-bond donors (Lipinski definition) is 3. The van der Waals surface area contributed by atoms with Gasteiger partial charge >= 0.3 is 5.97 Å². The number of fused-ring (bicyclic) bond motifs is 1. The van der Waals surface area contributed by atoms with Gasteiger partial charge in [0, 0.05) is 11.5 Å². The molecule has 0 aromatic rings. The zero-order chi connectivity index (χ0) is 23.5. The van der Waals surface area contributed by atoms with E-state index < -0.39 is 40.5 Å². The van der Waals surface area contributed by atoms with E-state index in [0.29, 0.717) is 17.6 Å². The van der Waals surface area contributed by atoms with Gasteiger partial charge < -0.3 is 20.1 Å². The number of esters is 1. The second-order valence-corrected chi connectivity index (χ2v) is 10.4. The predicted molar refractivity (Wildman–Crippen MR) is 117 cm³/mol. The molecule has 3 aliphatic rings. The molecule has 3 rings (SSSR count). The lowest BCUT2D eigenvalue weighted by Crippen LogP contribution is -2.65. The van der Waals surface area contributed by atoms with Gasteiger partial charge in [0.15, 0.2) is 5.78 Å². The summed E-state index contributed by atoms with van der Waals surface area (Å²) in [6.07, 6.45) is 2.69. The summed E-state index contributed by atoms with van der Waals surface area (Å²) in [5.41, 5.74) is -2.87. The van der Waals surface area contributed by atoms with Gasteiger partial charge in [-0.3, -0.25) is 4.79 Å². The van der Waals surface area contributed by atoms with Crippen LogP contribution in [0, 0.1) is 28.6 Å². The van der Waals surface area contributed by atoms with Crippen molar-refractivity contribution in [1.82, 2.24) is 0 Å². The van der Waals surface area contributed by atoms with E-state index in [1.54, 1.807) is 39.0 Å². The van der Waals surface area contributed by atoms with Crippen LogP contribution in [0.3, 0.4) is 0 Å². The SMILES string of the molecule is C/C=C(/C)C(=O)OCC1=CC2C(=O)C3(C=C(C)[C@H](O)[C@@]3(O)[C@@H]1O)C(C)CC(C)C2(C)C. The maximum atomic E-state index is 14.1. The van der Waals surface area contributed by atoms with Gasteiger partial charge in [0.1, 0.15) is 24.4 Å². The van der Waals surface area contributed by atoms with Crippen molar-refractivity contribution in [2.75, 3.05) is 6.61 Å². The number of aliphatic hydroxyl groups is 3. The molecule has 0 heterocycles. The Morgan fingerprint density at radius 3 is 2.42 bits per heavy atom. The molecule has 1 fully saturated rings. The molecule has 6 heteroatoms. The summed E-state index contributed by atoms with van der Waals surface area (Å²) in [4.78, 5) is 26.3. The molecule has 7 atom stereocenters. The fourth-order valence-corrected chi connectivity index (χ4v) is 5.86. The summed E-state index contributed by atoms with van der Waals surface area (Å²) in [7, 11) is 0. The van der Waals surface area contributed by atoms with E-state index in [1.807, 2.05) is 20.8 Å². The van der Waals surface area contributed by atoms with Crippen LogP contribution < -0.4 is 0 Å². The number of ether oxygens (including phenoxy) is 1. The van der Waals surface area contributed by atoms with Crippen LogP contribution in [-0.2, 0) is 14.3 Å². The monoisotopic (exact) mass is 432 g/mol. The topological polar surface area (TPSA) is 104 Å². The summed E-state index contributed by atoms with van der Waals surface area (Å²) >= 11 is 0. The molecule has 1 saturated carbocycles. The molecule has 0 saturated heterocycles. The van der Waals surface area contributed by atoms with Crippen LogP contribution in [0.2, 0.25) is 0 Å². The fourth-order valence-electron chi connectivity index (χ4n) is 5.86. The molecule has 0 radical (unpaired) electrons. The van der Waals surface area contributed by atoms with Crippen molar-refractivity contribution in [3.63, 3.8) is 0 Å². The first-order chi connectivity index (χ1) is 14.3. The maximum Gasteiger partial charge on any atom is 0.333 e. The van der Waals surface area contributed by atoms with Gasteiger partial charge in [0.05, 0.1) is 5.41 Å². The summed E-state index contributed by atoms with van der Waals surface area (Å²) in [5.74, 6) is -1.49. The number of ketones is 1. The van der Waals surface area contributed by atoms with Crippen LogP contribution in [0.4, 0.5) is 0 Å². The van der Waals surface area contributed by atoms with E-state index in [2.05, 4.69) is 6.92 Å². The van der Waals surface area contributed by atoms with Crippen molar-refractivity contribution >= 4 is 11.8 Å². The highest BCUT2D eigenvalue weighted by Crippen LogP contribution is 2.62. The van der Waals surface area contributed by atoms with Gasteiger partial charge in [-0.25, -0.2) is 4.79 Å². The first-order valence-corrected chi connectivity index (χ1v) is 11.1. The minimum atomic E-state index is -2.13. The Labute approximate surface area is 184 Å². The third-order valence-corrected chi connectivity index (χ3v) is 8.49. The minimum Gasteiger partial charge on any atom is -0.458 e. The van der Waals surface area contributed by atoms with E-state index in [-0.39, 0.29) is 29.8 Å². The molecule has 2 bridgehead atoms. The van der Waals surface area contributed by atoms with Crippen LogP contribution in [0.5, 0.6) is 0 Å². The zero-order valence-electron chi connectivity index (χ0n) is 19.6. The summed E-state index contributed by atoms with van der Waals surface area (Å²) in [6, 6.07) is 0. The highest BCUT2D eigenvalue weighted by molar-refractivity contribution is 5.95. The molecule has 0 aliphatic heterocycles. The number of rotatable bonds is 3. The Morgan fingerprint density at radius 2 is 1.84 bits per heavy atom. The van der Waals surface area contributed by atoms with Crippen LogP contribution in [0.25, 0.3) is 0 Å². The first kappa shape index (κ1) is 23.9. The van der Waals surface area contributed by atoms with Gasteiger partial charge in [0.2, 0.25) is 0 Å². The zero-order valence-corrected chi connectivity index (χ0v) is 19.6. The fraction of sp³-hybridized carbons (Fsp3) is 0.680. The Balaban J connectivity index is 2.20. The van der Waals surface area contributed by atoms with E-state index in [9.17, 15) is 24.9 Å². The number of hydrogen-bond acceptors (Lipinski definition) is 6. The molecule has 1 spiro atoms. The summed E-state index contributed by atoms with van der Waals surface area (Å²) in [6.45, 7) is 12.8. The lowest BCUT2D eigenvalue weighted by Gasteiger charge is -2.47. The van der Waals surface area contributed by atoms with Crippen molar-refractivity contribution in [3.05, 3.63) is 34.9 Å². The van der Waals surface area contributed by atoms with Crippen LogP contribution in [-0.4, -0.2) is 51.5 Å². The van der Waals surface area contributed by atoms with Crippen molar-refractivity contribution in [3.8, 4) is 0 Å². The van der Waals surface area contributed by atoms with Gasteiger partial charge in [0.25, 0.3) is 0 Å². The number of Topliss-reactive ketones (excluding diaryl/α,β-unsaturated/α-hetero) is 1. The standard InChI is InChI=1S/C25H36O6/c1-8-13(2)22(29)31-12-17-10-18-21(28)24(16(5)9-15(4)23(18,6)7)11-14(3)19(26)25(24,30)20(17)27/h8,10-11,15-16,18-20,26-27,30H,9,12H2,1-7H3/b13-8-/t15?,16?,18?,19-,20+,24?,25+/m0/s1. The molecular formula is C25H36O6. The third-order valence-electron chi connectivity index (χ3n) is 8.49. The highest BCUT2D eigenvalue weighted by Gasteiger charge is 2.71. The number of carbonyl (C=O) groups excluding carboxylic acids is 2. The van der Waals surface area contributed by atoms with Crippen LogP contribution in [0.1, 0.15) is 54.9 Å². The summed E-state index contributed by atoms with van der Waals surface area (Å²) < 4.78 is 5.39. The first-order valence-electron chi connectivity index (χ1n) is 11.1. The molecule has 6 nitrogen and oxygen atoms in total. The van der Waals surface area contributed by atoms with Crippen molar-refractivity contribution in [2.45, 2.75) is 72.7 Å². The molecule has 0 aromatic carbocycles. The van der Waals surface area contributed by atoms with E-state index in [4.69, 9.17) is 4.74 Å². The molecule has 3 aliphatic carbocycles. The Bertz CT molecular complexity index is 880. The van der Waals surface area contributed by atoms with E-state index in [1.165, 1.54) is 0 Å². The molecule has 172 valence electrons. The minimum absolute atomic E-state index is 0.145. The van der Waals surface area contributed by atoms with Crippen molar-refractivity contribution in [2.24, 2.45) is 28.6 Å². The molecule has 31 heavy (non-hydrogen) atoms. The lowest BCUT2D eigenvalue weighted by molar-refractivity contribution is -0.190. The molecular weight excluding hydrogens is 396 g/mol. The van der Waals surface area contributed by atoms with Crippen LogP contribution >= 0.6 is 0 Å². The lowest BCUT2D eigenvalue weighted by atomic mass is 9.59. The normalized spacial score (nSPS) is 42.2. The van der Waals surface area contributed by atoms with Crippen molar-refractivity contribution in [1.29, 1.82) is 0 Å². The number of aliphatic hydroxyl groups excluding tert-OH is 2. The molecule has 3 N–H and O–H groups in total. The second kappa shape index (κ2) is 7.68. The maximum absolute atomic E-state index is 14.1. The van der Waals surface area contributed by atoms with Crippen molar-refractivity contribution < 1.29 is 29.6 Å². The Morgan fingerprint density at radius 1 is 1.23 bits per heavy atom. The van der Waals surface area contributed by atoms with Gasteiger partial charge in [-0.15, -0.1) is 0 Å². The Kier molecular flexibility index (Phi) is 5.92. The predicted octanol–water partition coefficient (Wildman–Crippen LogP) is 2.72. The average molecular weight is 433 g/mol. The number of allylic oxidation sites excluding steroid dienone is 2. The van der Waals surface area contributed by atoms with Crippen LogP contribution in [0.15, 0.2) is 34.9 Å². The molecule has 4 unspecified atom stereocenters.